The molecule has 0 fully saturated rings. The summed E-state index contributed by atoms with van der Waals surface area (Å²) in [5.74, 6) is -1.31. The third kappa shape index (κ3) is 4.53. The standard InChI is InChI=1S/C21H21NO5/c1-2-5-15-8-10-16(11-9-15)18(23)14-26-20(24)12-13-22-17-6-3-4-7-19(17)27-21(22)25/h3-4,6-11H,2,5,12-14H2,1H3. The Morgan fingerprint density at radius 3 is 2.56 bits per heavy atom. The number of rotatable bonds is 8. The van der Waals surface area contributed by atoms with Crippen LogP contribution in [0.15, 0.2) is 57.7 Å². The molecule has 2 aromatic carbocycles. The molecule has 6 heteroatoms. The highest BCUT2D eigenvalue weighted by atomic mass is 16.5. The van der Waals surface area contributed by atoms with Crippen molar-refractivity contribution < 1.29 is 18.7 Å². The number of hydrogen-bond donors (Lipinski definition) is 0. The number of ether oxygens (including phenoxy) is 1. The van der Waals surface area contributed by atoms with Crippen LogP contribution < -0.4 is 5.76 Å². The maximum atomic E-state index is 12.1. The van der Waals surface area contributed by atoms with Crippen LogP contribution >= 0.6 is 0 Å². The van der Waals surface area contributed by atoms with Crippen LogP contribution in [0.2, 0.25) is 0 Å². The molecular formula is C21H21NO5. The number of hydrogen-bond acceptors (Lipinski definition) is 5. The van der Waals surface area contributed by atoms with Crippen LogP contribution in [0.1, 0.15) is 35.7 Å². The summed E-state index contributed by atoms with van der Waals surface area (Å²) in [5, 5.41) is 0. The van der Waals surface area contributed by atoms with Crippen molar-refractivity contribution in [2.45, 2.75) is 32.7 Å². The Kier molecular flexibility index (Phi) is 5.86. The second-order valence-electron chi connectivity index (χ2n) is 6.27. The van der Waals surface area contributed by atoms with E-state index in [-0.39, 0.29) is 25.4 Å². The summed E-state index contributed by atoms with van der Waals surface area (Å²) in [6.45, 7) is 1.92. The van der Waals surface area contributed by atoms with Crippen LogP contribution in [0.5, 0.6) is 0 Å². The smallest absolute Gasteiger partial charge is 0.419 e. The minimum Gasteiger partial charge on any atom is -0.457 e. The van der Waals surface area contributed by atoms with Crippen molar-refractivity contribution in [1.82, 2.24) is 4.57 Å². The minimum absolute atomic E-state index is 0.0217. The van der Waals surface area contributed by atoms with E-state index in [4.69, 9.17) is 9.15 Å². The van der Waals surface area contributed by atoms with Crippen molar-refractivity contribution in [2.24, 2.45) is 0 Å². The van der Waals surface area contributed by atoms with Gasteiger partial charge in [-0.1, -0.05) is 49.7 Å². The SMILES string of the molecule is CCCc1ccc(C(=O)COC(=O)CCn2c(=O)oc3ccccc32)cc1. The topological polar surface area (TPSA) is 78.5 Å². The number of aromatic nitrogens is 1. The van der Waals surface area contributed by atoms with E-state index in [0.717, 1.165) is 12.8 Å². The van der Waals surface area contributed by atoms with Gasteiger partial charge in [0.2, 0.25) is 0 Å². The van der Waals surface area contributed by atoms with Crippen molar-refractivity contribution in [3.63, 3.8) is 0 Å². The fourth-order valence-electron chi connectivity index (χ4n) is 2.88. The normalized spacial score (nSPS) is 10.9. The molecule has 0 radical (unpaired) electrons. The molecule has 3 aromatic rings. The van der Waals surface area contributed by atoms with E-state index >= 15 is 0 Å². The maximum Gasteiger partial charge on any atom is 0.419 e. The summed E-state index contributed by atoms with van der Waals surface area (Å²) in [4.78, 5) is 35.9. The molecule has 0 aliphatic rings. The summed E-state index contributed by atoms with van der Waals surface area (Å²) in [6, 6.07) is 14.3. The highest BCUT2D eigenvalue weighted by molar-refractivity contribution is 5.97. The van der Waals surface area contributed by atoms with Crippen molar-refractivity contribution >= 4 is 22.9 Å². The molecule has 0 amide bonds. The maximum absolute atomic E-state index is 12.1. The number of Topliss-reactive ketones (excluding diaryl/α,β-unsaturated/α-hetero) is 1. The van der Waals surface area contributed by atoms with Gasteiger partial charge in [0, 0.05) is 12.1 Å². The van der Waals surface area contributed by atoms with Gasteiger partial charge in [0.05, 0.1) is 11.9 Å². The zero-order chi connectivity index (χ0) is 19.2. The number of esters is 1. The Bertz CT molecular complexity index is 997. The molecule has 0 aliphatic carbocycles. The molecule has 1 heterocycles. The highest BCUT2D eigenvalue weighted by Gasteiger charge is 2.13. The quantitative estimate of drug-likeness (QED) is 0.451. The van der Waals surface area contributed by atoms with Crippen LogP contribution in [0, 0.1) is 0 Å². The molecule has 0 aliphatic heterocycles. The van der Waals surface area contributed by atoms with Gasteiger partial charge in [-0.15, -0.1) is 0 Å². The fraction of sp³-hybridized carbons (Fsp3) is 0.286. The first-order valence-corrected chi connectivity index (χ1v) is 8.94. The first kappa shape index (κ1) is 18.6. The molecule has 3 rings (SSSR count). The Hall–Kier alpha value is -3.15. The lowest BCUT2D eigenvalue weighted by atomic mass is 10.1. The molecule has 0 unspecified atom stereocenters. The lowest BCUT2D eigenvalue weighted by Gasteiger charge is -2.06. The summed E-state index contributed by atoms with van der Waals surface area (Å²) in [6.07, 6.45) is 1.98. The van der Waals surface area contributed by atoms with Gasteiger partial charge in [0.15, 0.2) is 18.0 Å². The average molecular weight is 367 g/mol. The molecular weight excluding hydrogens is 346 g/mol. The van der Waals surface area contributed by atoms with E-state index in [1.165, 1.54) is 10.1 Å². The molecule has 0 spiro atoms. The van der Waals surface area contributed by atoms with Crippen molar-refractivity contribution in [3.05, 3.63) is 70.2 Å². The van der Waals surface area contributed by atoms with Crippen molar-refractivity contribution in [2.75, 3.05) is 6.61 Å². The predicted octanol–water partition coefficient (Wildman–Crippen LogP) is 3.36. The van der Waals surface area contributed by atoms with E-state index in [2.05, 4.69) is 6.92 Å². The van der Waals surface area contributed by atoms with E-state index in [0.29, 0.717) is 16.7 Å². The van der Waals surface area contributed by atoms with Gasteiger partial charge in [-0.3, -0.25) is 14.2 Å². The molecule has 0 saturated heterocycles. The molecule has 0 bridgehead atoms. The van der Waals surface area contributed by atoms with Gasteiger partial charge in [-0.05, 0) is 24.1 Å². The first-order chi connectivity index (χ1) is 13.1. The van der Waals surface area contributed by atoms with Crippen LogP contribution in [0.4, 0.5) is 0 Å². The molecule has 27 heavy (non-hydrogen) atoms. The third-order valence-electron chi connectivity index (χ3n) is 4.29. The van der Waals surface area contributed by atoms with Crippen LogP contribution in [0.25, 0.3) is 11.1 Å². The number of aryl methyl sites for hydroxylation is 2. The Labute approximate surface area is 156 Å². The van der Waals surface area contributed by atoms with E-state index < -0.39 is 11.7 Å². The first-order valence-electron chi connectivity index (χ1n) is 8.94. The molecule has 140 valence electrons. The molecule has 0 saturated carbocycles. The van der Waals surface area contributed by atoms with E-state index in [1.807, 2.05) is 12.1 Å². The number of nitrogens with zero attached hydrogens (tertiary/aromatic N) is 1. The lowest BCUT2D eigenvalue weighted by Crippen LogP contribution is -2.19. The Morgan fingerprint density at radius 1 is 1.07 bits per heavy atom. The van der Waals surface area contributed by atoms with Crippen molar-refractivity contribution in [3.8, 4) is 0 Å². The highest BCUT2D eigenvalue weighted by Crippen LogP contribution is 2.12. The second-order valence-corrected chi connectivity index (χ2v) is 6.27. The van der Waals surface area contributed by atoms with Gasteiger partial charge in [-0.25, -0.2) is 4.79 Å². The van der Waals surface area contributed by atoms with Gasteiger partial charge in [0.1, 0.15) is 0 Å². The van der Waals surface area contributed by atoms with Gasteiger partial charge >= 0.3 is 11.7 Å². The Balaban J connectivity index is 1.52. The third-order valence-corrected chi connectivity index (χ3v) is 4.29. The lowest BCUT2D eigenvalue weighted by molar-refractivity contribution is -0.142. The molecule has 1 aromatic heterocycles. The number of para-hydroxylation sites is 2. The second kappa shape index (κ2) is 8.49. The average Bonchev–Trinajstić information content (AvgIpc) is 3.00. The van der Waals surface area contributed by atoms with Crippen LogP contribution in [-0.2, 0) is 22.5 Å². The van der Waals surface area contributed by atoms with Gasteiger partial charge in [0.25, 0.3) is 0 Å². The summed E-state index contributed by atoms with van der Waals surface area (Å²) in [7, 11) is 0. The van der Waals surface area contributed by atoms with Crippen LogP contribution in [-0.4, -0.2) is 22.9 Å². The Morgan fingerprint density at radius 2 is 1.81 bits per heavy atom. The number of carbonyl (C=O) groups excluding carboxylic acids is 2. The number of benzene rings is 2. The largest absolute Gasteiger partial charge is 0.457 e. The number of ketones is 1. The van der Waals surface area contributed by atoms with Gasteiger partial charge in [-0.2, -0.15) is 0 Å². The summed E-state index contributed by atoms with van der Waals surface area (Å²) in [5.41, 5.74) is 2.78. The molecule has 6 nitrogen and oxygen atoms in total. The monoisotopic (exact) mass is 367 g/mol. The molecule has 0 N–H and O–H groups in total. The van der Waals surface area contributed by atoms with E-state index in [9.17, 15) is 14.4 Å². The van der Waals surface area contributed by atoms with Crippen LogP contribution in [0.3, 0.4) is 0 Å². The van der Waals surface area contributed by atoms with E-state index in [1.54, 1.807) is 36.4 Å². The molecule has 0 atom stereocenters. The number of carbonyl (C=O) groups is 2. The zero-order valence-corrected chi connectivity index (χ0v) is 15.1. The van der Waals surface area contributed by atoms with Crippen molar-refractivity contribution in [1.29, 1.82) is 0 Å². The van der Waals surface area contributed by atoms with Gasteiger partial charge < -0.3 is 9.15 Å². The number of oxazole rings is 1. The zero-order valence-electron chi connectivity index (χ0n) is 15.1. The summed E-state index contributed by atoms with van der Waals surface area (Å²) >= 11 is 0. The fourth-order valence-corrected chi connectivity index (χ4v) is 2.88. The predicted molar refractivity (Wildman–Crippen MR) is 101 cm³/mol. The minimum atomic E-state index is -0.539. The summed E-state index contributed by atoms with van der Waals surface area (Å²) < 4.78 is 11.5. The number of fused-ring (bicyclic) bond motifs is 1.